The van der Waals surface area contributed by atoms with Crippen molar-refractivity contribution in [3.63, 3.8) is 0 Å². The van der Waals surface area contributed by atoms with Crippen molar-refractivity contribution in [3.05, 3.63) is 0 Å². The van der Waals surface area contributed by atoms with Gasteiger partial charge in [-0.05, 0) is 6.92 Å². The van der Waals surface area contributed by atoms with Crippen LogP contribution < -0.4 is 10.6 Å². The summed E-state index contributed by atoms with van der Waals surface area (Å²) in [6.07, 6.45) is -0.547. The van der Waals surface area contributed by atoms with Gasteiger partial charge in [-0.3, -0.25) is 4.79 Å². The van der Waals surface area contributed by atoms with Gasteiger partial charge in [0.15, 0.2) is 0 Å². The Balaban J connectivity index is 2.31. The van der Waals surface area contributed by atoms with Gasteiger partial charge in [-0.1, -0.05) is 0 Å². The van der Waals surface area contributed by atoms with Gasteiger partial charge in [0.05, 0.1) is 6.04 Å². The van der Waals surface area contributed by atoms with Gasteiger partial charge in [0.2, 0.25) is 5.91 Å². The van der Waals surface area contributed by atoms with Crippen molar-refractivity contribution in [2.75, 3.05) is 13.1 Å². The average Bonchev–Trinajstić information content (AvgIpc) is 2.36. The number of amides is 1. The molecule has 1 aliphatic rings. The monoisotopic (exact) mass is 160 g/mol. The van der Waals surface area contributed by atoms with E-state index in [2.05, 4.69) is 10.6 Å². The summed E-state index contributed by atoms with van der Waals surface area (Å²) in [7, 11) is 0. The smallest absolute Gasteiger partial charge is 0.237 e. The lowest BCUT2D eigenvalue weighted by Gasteiger charge is -2.08. The van der Waals surface area contributed by atoms with E-state index in [0.717, 1.165) is 0 Å². The maximum atomic E-state index is 12.5. The van der Waals surface area contributed by atoms with E-state index in [-0.39, 0.29) is 11.9 Å². The predicted molar refractivity (Wildman–Crippen MR) is 40.0 cm³/mol. The molecule has 11 heavy (non-hydrogen) atoms. The quantitative estimate of drug-likeness (QED) is 0.588. The lowest BCUT2D eigenvalue weighted by Crippen LogP contribution is -2.40. The van der Waals surface area contributed by atoms with Crippen LogP contribution in [0.3, 0.4) is 0 Å². The molecule has 3 nitrogen and oxygen atoms in total. The third-order valence-electron chi connectivity index (χ3n) is 1.74. The zero-order valence-electron chi connectivity index (χ0n) is 6.56. The summed E-state index contributed by atoms with van der Waals surface area (Å²) < 4.78 is 12.5. The Bertz CT molecular complexity index is 151. The summed E-state index contributed by atoms with van der Waals surface area (Å²) in [5.74, 6) is -0.0901. The fourth-order valence-corrected chi connectivity index (χ4v) is 1.19. The number of carbonyl (C=O) groups excluding carboxylic acids is 1. The molecular weight excluding hydrogens is 147 g/mol. The van der Waals surface area contributed by atoms with Crippen LogP contribution in [0.15, 0.2) is 0 Å². The van der Waals surface area contributed by atoms with Gasteiger partial charge in [-0.2, -0.15) is 0 Å². The Hall–Kier alpha value is -0.640. The second kappa shape index (κ2) is 3.67. The molecule has 4 heteroatoms. The zero-order valence-corrected chi connectivity index (χ0v) is 6.56. The van der Waals surface area contributed by atoms with Crippen molar-refractivity contribution in [1.29, 1.82) is 0 Å². The minimum absolute atomic E-state index is 0.0901. The molecule has 1 heterocycles. The summed E-state index contributed by atoms with van der Waals surface area (Å²) in [5.41, 5.74) is 0. The topological polar surface area (TPSA) is 41.1 Å². The number of rotatable bonds is 2. The molecular formula is C7H13FN2O. The van der Waals surface area contributed by atoms with E-state index in [4.69, 9.17) is 0 Å². The molecule has 0 saturated carbocycles. The maximum Gasteiger partial charge on any atom is 0.237 e. The Kier molecular flexibility index (Phi) is 2.82. The molecule has 1 aliphatic heterocycles. The molecule has 1 amide bonds. The normalized spacial score (nSPS) is 30.4. The molecule has 2 N–H and O–H groups in total. The third kappa shape index (κ3) is 2.15. The molecule has 0 aromatic heterocycles. The van der Waals surface area contributed by atoms with Crippen molar-refractivity contribution in [2.24, 2.45) is 0 Å². The van der Waals surface area contributed by atoms with Gasteiger partial charge in [0, 0.05) is 19.5 Å². The van der Waals surface area contributed by atoms with Crippen molar-refractivity contribution in [2.45, 2.75) is 25.6 Å². The predicted octanol–water partition coefficient (Wildman–Crippen LogP) is -0.177. The van der Waals surface area contributed by atoms with Crippen LogP contribution in [0.5, 0.6) is 0 Å². The van der Waals surface area contributed by atoms with E-state index >= 15 is 0 Å². The first kappa shape index (κ1) is 8.46. The molecule has 1 saturated heterocycles. The second-order valence-electron chi connectivity index (χ2n) is 2.69. The largest absolute Gasteiger partial charge is 0.355 e. The highest BCUT2D eigenvalue weighted by Gasteiger charge is 2.28. The fraction of sp³-hybridized carbons (Fsp3) is 0.857. The number of carbonyl (C=O) groups is 1. The molecule has 1 rings (SSSR count). The van der Waals surface area contributed by atoms with Gasteiger partial charge < -0.3 is 10.6 Å². The minimum Gasteiger partial charge on any atom is -0.355 e. The lowest BCUT2D eigenvalue weighted by atomic mass is 10.2. The molecule has 0 spiro atoms. The van der Waals surface area contributed by atoms with Gasteiger partial charge in [0.25, 0.3) is 0 Å². The molecule has 1 fully saturated rings. The first-order chi connectivity index (χ1) is 5.24. The highest BCUT2D eigenvalue weighted by molar-refractivity contribution is 5.82. The third-order valence-corrected chi connectivity index (χ3v) is 1.74. The molecule has 0 radical (unpaired) electrons. The van der Waals surface area contributed by atoms with Gasteiger partial charge in [-0.25, -0.2) is 4.39 Å². The molecule has 0 aromatic carbocycles. The SMILES string of the molecule is CCNC(=O)[C@H]1C[C@H](F)CN1. The van der Waals surface area contributed by atoms with Crippen molar-refractivity contribution >= 4 is 5.91 Å². The number of likely N-dealkylation sites (N-methyl/N-ethyl adjacent to an activating group) is 1. The van der Waals surface area contributed by atoms with Crippen LogP contribution in [-0.4, -0.2) is 31.2 Å². The first-order valence-corrected chi connectivity index (χ1v) is 3.89. The number of hydrogen-bond acceptors (Lipinski definition) is 2. The summed E-state index contributed by atoms with van der Waals surface area (Å²) in [6.45, 7) is 2.76. The van der Waals surface area contributed by atoms with Crippen LogP contribution in [0.2, 0.25) is 0 Å². The molecule has 0 bridgehead atoms. The average molecular weight is 160 g/mol. The van der Waals surface area contributed by atoms with E-state index in [0.29, 0.717) is 19.5 Å². The van der Waals surface area contributed by atoms with Crippen LogP contribution >= 0.6 is 0 Å². The van der Waals surface area contributed by atoms with Gasteiger partial charge in [-0.15, -0.1) is 0 Å². The van der Waals surface area contributed by atoms with E-state index in [1.807, 2.05) is 6.92 Å². The Morgan fingerprint density at radius 2 is 2.55 bits per heavy atom. The van der Waals surface area contributed by atoms with E-state index in [9.17, 15) is 9.18 Å². The molecule has 0 aromatic rings. The maximum absolute atomic E-state index is 12.5. The lowest BCUT2D eigenvalue weighted by molar-refractivity contribution is -0.122. The Morgan fingerprint density at radius 1 is 1.82 bits per heavy atom. The van der Waals surface area contributed by atoms with E-state index < -0.39 is 6.17 Å². The summed E-state index contributed by atoms with van der Waals surface area (Å²) in [6, 6.07) is -0.315. The number of halogens is 1. The highest BCUT2D eigenvalue weighted by Crippen LogP contribution is 2.09. The van der Waals surface area contributed by atoms with E-state index in [1.54, 1.807) is 0 Å². The van der Waals surface area contributed by atoms with Gasteiger partial charge in [0.1, 0.15) is 6.17 Å². The second-order valence-corrected chi connectivity index (χ2v) is 2.69. The number of nitrogens with one attached hydrogen (secondary N) is 2. The van der Waals surface area contributed by atoms with Gasteiger partial charge >= 0.3 is 0 Å². The first-order valence-electron chi connectivity index (χ1n) is 3.89. The number of hydrogen-bond donors (Lipinski definition) is 2. The molecule has 0 unspecified atom stereocenters. The zero-order chi connectivity index (χ0) is 8.27. The minimum atomic E-state index is -0.859. The molecule has 64 valence electrons. The fourth-order valence-electron chi connectivity index (χ4n) is 1.19. The summed E-state index contributed by atoms with van der Waals surface area (Å²) >= 11 is 0. The standard InChI is InChI=1S/C7H13FN2O/c1-2-9-7(11)6-3-5(8)4-10-6/h5-6,10H,2-4H2,1H3,(H,9,11)/t5-,6+/m0/s1. The van der Waals surface area contributed by atoms with Crippen LogP contribution in [-0.2, 0) is 4.79 Å². The van der Waals surface area contributed by atoms with Crippen molar-refractivity contribution < 1.29 is 9.18 Å². The van der Waals surface area contributed by atoms with Crippen LogP contribution in [0.4, 0.5) is 4.39 Å². The Labute approximate surface area is 65.3 Å². The van der Waals surface area contributed by atoms with Crippen molar-refractivity contribution in [3.8, 4) is 0 Å². The highest BCUT2D eigenvalue weighted by atomic mass is 19.1. The molecule has 2 atom stereocenters. The van der Waals surface area contributed by atoms with E-state index in [1.165, 1.54) is 0 Å². The Morgan fingerprint density at radius 3 is 3.00 bits per heavy atom. The summed E-state index contributed by atoms with van der Waals surface area (Å²) in [5, 5.41) is 5.44. The van der Waals surface area contributed by atoms with Crippen LogP contribution in [0.1, 0.15) is 13.3 Å². The van der Waals surface area contributed by atoms with Crippen LogP contribution in [0.25, 0.3) is 0 Å². The summed E-state index contributed by atoms with van der Waals surface area (Å²) in [4.78, 5) is 11.1. The molecule has 0 aliphatic carbocycles. The van der Waals surface area contributed by atoms with Crippen LogP contribution in [0, 0.1) is 0 Å². The number of alkyl halides is 1. The van der Waals surface area contributed by atoms with Crippen molar-refractivity contribution in [1.82, 2.24) is 10.6 Å².